The highest BCUT2D eigenvalue weighted by Crippen LogP contribution is 2.12. The predicted molar refractivity (Wildman–Crippen MR) is 94.6 cm³/mol. The molecule has 25 heavy (non-hydrogen) atoms. The second-order valence-corrected chi connectivity index (χ2v) is 6.43. The maximum atomic E-state index is 13.3. The Morgan fingerprint density at radius 1 is 1.00 bits per heavy atom. The van der Waals surface area contributed by atoms with E-state index in [1.807, 2.05) is 18.5 Å². The zero-order chi connectivity index (χ0) is 17.5. The van der Waals surface area contributed by atoms with Gasteiger partial charge in [0.1, 0.15) is 11.6 Å². The zero-order valence-electron chi connectivity index (χ0n) is 14.7. The van der Waals surface area contributed by atoms with Crippen LogP contribution in [0.1, 0.15) is 17.0 Å². The van der Waals surface area contributed by atoms with Crippen LogP contribution in [0.3, 0.4) is 0 Å². The Labute approximate surface area is 148 Å². The maximum Gasteiger partial charge on any atom is 0.130 e. The molecule has 1 saturated heterocycles. The van der Waals surface area contributed by atoms with E-state index in [4.69, 9.17) is 4.74 Å². The monoisotopic (exact) mass is 344 g/mol. The molecule has 0 atom stereocenters. The summed E-state index contributed by atoms with van der Waals surface area (Å²) in [6, 6.07) is 6.87. The van der Waals surface area contributed by atoms with E-state index in [2.05, 4.69) is 19.8 Å². The largest absolute Gasteiger partial charge is 0.384 e. The first-order valence-corrected chi connectivity index (χ1v) is 8.71. The fraction of sp³-hybridized carbons (Fsp3) is 0.474. The molecule has 1 fully saturated rings. The van der Waals surface area contributed by atoms with Crippen LogP contribution in [0.25, 0.3) is 0 Å². The Kier molecular flexibility index (Phi) is 6.44. The van der Waals surface area contributed by atoms with Gasteiger partial charge >= 0.3 is 0 Å². The second kappa shape index (κ2) is 8.99. The van der Waals surface area contributed by atoms with Crippen LogP contribution in [0.15, 0.2) is 36.7 Å². The molecule has 5 nitrogen and oxygen atoms in total. The second-order valence-electron chi connectivity index (χ2n) is 6.43. The van der Waals surface area contributed by atoms with Crippen LogP contribution in [0.5, 0.6) is 0 Å². The Morgan fingerprint density at radius 3 is 2.24 bits per heavy atom. The van der Waals surface area contributed by atoms with Crippen LogP contribution in [0.4, 0.5) is 4.39 Å². The number of hydrogen-bond acceptors (Lipinski definition) is 5. The molecule has 0 N–H and O–H groups in total. The summed E-state index contributed by atoms with van der Waals surface area (Å²) >= 11 is 0. The zero-order valence-corrected chi connectivity index (χ0v) is 14.7. The third-order valence-electron chi connectivity index (χ3n) is 4.45. The van der Waals surface area contributed by atoms with E-state index in [0.717, 1.165) is 62.6 Å². The topological polar surface area (TPSA) is 41.5 Å². The molecule has 0 aliphatic carbocycles. The van der Waals surface area contributed by atoms with Crippen molar-refractivity contribution in [2.75, 3.05) is 39.9 Å². The van der Waals surface area contributed by atoms with Gasteiger partial charge in [-0.05, 0) is 17.7 Å². The first-order chi connectivity index (χ1) is 12.2. The summed E-state index contributed by atoms with van der Waals surface area (Å²) in [7, 11) is 1.68. The lowest BCUT2D eigenvalue weighted by Gasteiger charge is -2.34. The van der Waals surface area contributed by atoms with E-state index in [9.17, 15) is 4.39 Å². The highest BCUT2D eigenvalue weighted by atomic mass is 19.1. The quantitative estimate of drug-likeness (QED) is 0.770. The molecule has 6 heteroatoms. The number of piperazine rings is 1. The highest BCUT2D eigenvalue weighted by molar-refractivity contribution is 5.16. The van der Waals surface area contributed by atoms with Crippen LogP contribution >= 0.6 is 0 Å². The SMILES string of the molecule is COCCc1ncc(CN2CCN(Cc3cccc(F)c3)CC2)cn1. The van der Waals surface area contributed by atoms with Crippen molar-refractivity contribution in [1.82, 2.24) is 19.8 Å². The van der Waals surface area contributed by atoms with Crippen molar-refractivity contribution in [3.05, 3.63) is 59.4 Å². The van der Waals surface area contributed by atoms with Crippen LogP contribution in [-0.2, 0) is 24.2 Å². The molecule has 3 rings (SSSR count). The molecule has 0 unspecified atom stereocenters. The molecule has 1 aromatic heterocycles. The van der Waals surface area contributed by atoms with Crippen molar-refractivity contribution in [1.29, 1.82) is 0 Å². The Morgan fingerprint density at radius 2 is 1.64 bits per heavy atom. The van der Waals surface area contributed by atoms with Gasteiger partial charge in [-0.15, -0.1) is 0 Å². The molecule has 2 heterocycles. The first kappa shape index (κ1) is 17.9. The van der Waals surface area contributed by atoms with E-state index in [1.54, 1.807) is 19.2 Å². The fourth-order valence-corrected chi connectivity index (χ4v) is 3.04. The normalized spacial score (nSPS) is 16.2. The number of hydrogen-bond donors (Lipinski definition) is 0. The first-order valence-electron chi connectivity index (χ1n) is 8.71. The van der Waals surface area contributed by atoms with Gasteiger partial charge in [0, 0.05) is 70.8 Å². The lowest BCUT2D eigenvalue weighted by atomic mass is 10.2. The van der Waals surface area contributed by atoms with Gasteiger partial charge in [0.05, 0.1) is 6.61 Å². The summed E-state index contributed by atoms with van der Waals surface area (Å²) < 4.78 is 18.3. The summed E-state index contributed by atoms with van der Waals surface area (Å²) in [5, 5.41) is 0. The number of aromatic nitrogens is 2. The van der Waals surface area contributed by atoms with Crippen molar-refractivity contribution < 1.29 is 9.13 Å². The Hall–Kier alpha value is -1.89. The number of benzene rings is 1. The molecule has 1 aromatic carbocycles. The number of methoxy groups -OCH3 is 1. The van der Waals surface area contributed by atoms with Gasteiger partial charge in [-0.2, -0.15) is 0 Å². The maximum absolute atomic E-state index is 13.3. The molecule has 0 saturated carbocycles. The molecular weight excluding hydrogens is 319 g/mol. The lowest BCUT2D eigenvalue weighted by molar-refractivity contribution is 0.121. The number of halogens is 1. The number of rotatable bonds is 7. The van der Waals surface area contributed by atoms with E-state index in [1.165, 1.54) is 6.07 Å². The number of ether oxygens (including phenoxy) is 1. The van der Waals surface area contributed by atoms with Crippen molar-refractivity contribution >= 4 is 0 Å². The Balaban J connectivity index is 1.44. The third-order valence-corrected chi connectivity index (χ3v) is 4.45. The van der Waals surface area contributed by atoms with Gasteiger partial charge in [0.25, 0.3) is 0 Å². The molecule has 0 amide bonds. The van der Waals surface area contributed by atoms with Gasteiger partial charge < -0.3 is 4.74 Å². The molecular formula is C19H25FN4O. The van der Waals surface area contributed by atoms with Crippen molar-refractivity contribution in [3.63, 3.8) is 0 Å². The smallest absolute Gasteiger partial charge is 0.130 e. The molecule has 2 aromatic rings. The van der Waals surface area contributed by atoms with Crippen molar-refractivity contribution in [3.8, 4) is 0 Å². The fourth-order valence-electron chi connectivity index (χ4n) is 3.04. The molecule has 134 valence electrons. The highest BCUT2D eigenvalue weighted by Gasteiger charge is 2.17. The summed E-state index contributed by atoms with van der Waals surface area (Å²) in [6.07, 6.45) is 4.57. The molecule has 1 aliphatic heterocycles. The molecule has 0 spiro atoms. The van der Waals surface area contributed by atoms with Gasteiger partial charge in [0.15, 0.2) is 0 Å². The summed E-state index contributed by atoms with van der Waals surface area (Å²) in [4.78, 5) is 13.6. The minimum Gasteiger partial charge on any atom is -0.384 e. The summed E-state index contributed by atoms with van der Waals surface area (Å²) in [5.41, 5.74) is 2.17. The van der Waals surface area contributed by atoms with Crippen molar-refractivity contribution in [2.24, 2.45) is 0 Å². The van der Waals surface area contributed by atoms with Gasteiger partial charge in [-0.3, -0.25) is 9.80 Å². The number of nitrogens with zero attached hydrogens (tertiary/aromatic N) is 4. The van der Waals surface area contributed by atoms with Crippen LogP contribution in [0, 0.1) is 5.82 Å². The minimum absolute atomic E-state index is 0.162. The van der Waals surface area contributed by atoms with Gasteiger partial charge in [-0.1, -0.05) is 12.1 Å². The van der Waals surface area contributed by atoms with Crippen LogP contribution in [0.2, 0.25) is 0 Å². The average molecular weight is 344 g/mol. The van der Waals surface area contributed by atoms with Crippen molar-refractivity contribution in [2.45, 2.75) is 19.5 Å². The van der Waals surface area contributed by atoms with Gasteiger partial charge in [0.2, 0.25) is 0 Å². The molecule has 0 radical (unpaired) electrons. The lowest BCUT2D eigenvalue weighted by Crippen LogP contribution is -2.45. The van der Waals surface area contributed by atoms with E-state index >= 15 is 0 Å². The van der Waals surface area contributed by atoms with Gasteiger partial charge in [-0.25, -0.2) is 14.4 Å². The molecule has 1 aliphatic rings. The standard InChI is InChI=1S/C19H25FN4O/c1-25-10-5-19-21-12-17(13-22-19)15-24-8-6-23(7-9-24)14-16-3-2-4-18(20)11-16/h2-4,11-13H,5-10,14-15H2,1H3. The predicted octanol–water partition coefficient (Wildman–Crippen LogP) is 2.12. The van der Waals surface area contributed by atoms with E-state index in [-0.39, 0.29) is 5.82 Å². The summed E-state index contributed by atoms with van der Waals surface area (Å²) in [5.74, 6) is 0.663. The summed E-state index contributed by atoms with van der Waals surface area (Å²) in [6.45, 7) is 6.31. The third kappa shape index (κ3) is 5.56. The Bertz CT molecular complexity index is 657. The average Bonchev–Trinajstić information content (AvgIpc) is 2.63. The van der Waals surface area contributed by atoms with Crippen LogP contribution in [-0.4, -0.2) is 59.7 Å². The molecule has 0 bridgehead atoms. The van der Waals surface area contributed by atoms with Crippen LogP contribution < -0.4 is 0 Å². The van der Waals surface area contributed by atoms with E-state index < -0.39 is 0 Å². The van der Waals surface area contributed by atoms with E-state index in [0.29, 0.717) is 6.61 Å². The minimum atomic E-state index is -0.162.